The third-order valence-electron chi connectivity index (χ3n) is 6.29. The molecule has 1 aliphatic carbocycles. The lowest BCUT2D eigenvalue weighted by atomic mass is 10.1. The fourth-order valence-electron chi connectivity index (χ4n) is 4.40. The SMILES string of the molecule is Cc1cc2nc(-c3cc(C4(S(C)(=O)=O)CC4)cc(N4CCOC[C@@H]4C)n3)ccc2[nH]1. The summed E-state index contributed by atoms with van der Waals surface area (Å²) < 4.78 is 30.0. The van der Waals surface area contributed by atoms with Crippen molar-refractivity contribution in [3.8, 4) is 11.4 Å². The predicted molar refractivity (Wildman–Crippen MR) is 117 cm³/mol. The monoisotopic (exact) mass is 426 g/mol. The fraction of sp³-hybridized carbons (Fsp3) is 0.455. The van der Waals surface area contributed by atoms with Crippen LogP contribution in [0.1, 0.15) is 31.0 Å². The second kappa shape index (κ2) is 6.78. The van der Waals surface area contributed by atoms with Crippen LogP contribution in [0.25, 0.3) is 22.4 Å². The number of aromatic amines is 1. The molecule has 1 saturated carbocycles. The van der Waals surface area contributed by atoms with E-state index in [-0.39, 0.29) is 6.04 Å². The molecule has 0 unspecified atom stereocenters. The molecule has 0 bridgehead atoms. The topological polar surface area (TPSA) is 88.2 Å². The number of hydrogen-bond acceptors (Lipinski definition) is 6. The number of ether oxygens (including phenoxy) is 1. The van der Waals surface area contributed by atoms with E-state index in [0.29, 0.717) is 31.7 Å². The predicted octanol–water partition coefficient (Wildman–Crippen LogP) is 3.19. The lowest BCUT2D eigenvalue weighted by Gasteiger charge is -2.35. The first-order chi connectivity index (χ1) is 14.3. The summed E-state index contributed by atoms with van der Waals surface area (Å²) in [5.41, 5.74) is 5.17. The van der Waals surface area contributed by atoms with E-state index < -0.39 is 14.6 Å². The third-order valence-corrected chi connectivity index (χ3v) is 8.35. The molecule has 7 nitrogen and oxygen atoms in total. The fourth-order valence-corrected chi connectivity index (χ4v) is 5.79. The molecule has 30 heavy (non-hydrogen) atoms. The van der Waals surface area contributed by atoms with Gasteiger partial charge in [0.05, 0.1) is 46.4 Å². The smallest absolute Gasteiger partial charge is 0.157 e. The number of fused-ring (bicyclic) bond motifs is 1. The first-order valence-electron chi connectivity index (χ1n) is 10.3. The molecule has 1 N–H and O–H groups in total. The van der Waals surface area contributed by atoms with E-state index in [4.69, 9.17) is 14.7 Å². The van der Waals surface area contributed by atoms with Crippen molar-refractivity contribution in [3.63, 3.8) is 0 Å². The highest BCUT2D eigenvalue weighted by atomic mass is 32.2. The maximum absolute atomic E-state index is 12.6. The Bertz CT molecular complexity index is 1230. The zero-order valence-corrected chi connectivity index (χ0v) is 18.3. The highest BCUT2D eigenvalue weighted by Gasteiger charge is 2.54. The van der Waals surface area contributed by atoms with Gasteiger partial charge in [0.2, 0.25) is 0 Å². The molecule has 5 rings (SSSR count). The van der Waals surface area contributed by atoms with E-state index in [9.17, 15) is 8.42 Å². The van der Waals surface area contributed by atoms with E-state index in [1.165, 1.54) is 6.26 Å². The molecule has 2 aliphatic rings. The van der Waals surface area contributed by atoms with Gasteiger partial charge in [-0.05, 0) is 62.6 Å². The van der Waals surface area contributed by atoms with Crippen LogP contribution in [-0.2, 0) is 19.3 Å². The second-order valence-electron chi connectivity index (χ2n) is 8.56. The van der Waals surface area contributed by atoms with Gasteiger partial charge in [-0.25, -0.2) is 18.4 Å². The van der Waals surface area contributed by atoms with Gasteiger partial charge < -0.3 is 14.6 Å². The third kappa shape index (κ3) is 3.18. The lowest BCUT2D eigenvalue weighted by Crippen LogP contribution is -2.44. The Hall–Kier alpha value is -2.45. The zero-order valence-electron chi connectivity index (χ0n) is 17.5. The number of nitrogens with one attached hydrogen (secondary N) is 1. The minimum Gasteiger partial charge on any atom is -0.377 e. The maximum Gasteiger partial charge on any atom is 0.157 e. The number of H-pyrrole nitrogens is 1. The number of anilines is 1. The van der Waals surface area contributed by atoms with Gasteiger partial charge in [0.25, 0.3) is 0 Å². The lowest BCUT2D eigenvalue weighted by molar-refractivity contribution is 0.0985. The Labute approximate surface area is 176 Å². The van der Waals surface area contributed by atoms with Crippen molar-refractivity contribution >= 4 is 26.7 Å². The van der Waals surface area contributed by atoms with Gasteiger partial charge in [0, 0.05) is 18.5 Å². The van der Waals surface area contributed by atoms with Crippen molar-refractivity contribution in [1.29, 1.82) is 0 Å². The Morgan fingerprint density at radius 2 is 1.97 bits per heavy atom. The summed E-state index contributed by atoms with van der Waals surface area (Å²) in [6.45, 7) is 6.10. The molecular formula is C22H26N4O3S. The Morgan fingerprint density at radius 3 is 2.67 bits per heavy atom. The first-order valence-corrected chi connectivity index (χ1v) is 12.2. The summed E-state index contributed by atoms with van der Waals surface area (Å²) in [7, 11) is -3.23. The number of pyridine rings is 2. The molecule has 1 saturated heterocycles. The molecule has 2 fully saturated rings. The molecule has 1 aliphatic heterocycles. The van der Waals surface area contributed by atoms with E-state index in [1.54, 1.807) is 0 Å². The van der Waals surface area contributed by atoms with Crippen LogP contribution < -0.4 is 4.90 Å². The average Bonchev–Trinajstić information content (AvgIpc) is 3.44. The number of morpholine rings is 1. The number of hydrogen-bond donors (Lipinski definition) is 1. The molecule has 0 aromatic carbocycles. The van der Waals surface area contributed by atoms with Gasteiger partial charge in [0.1, 0.15) is 5.82 Å². The summed E-state index contributed by atoms with van der Waals surface area (Å²) >= 11 is 0. The van der Waals surface area contributed by atoms with Crippen LogP contribution in [0, 0.1) is 6.92 Å². The molecule has 0 spiro atoms. The molecule has 3 aromatic heterocycles. The molecular weight excluding hydrogens is 400 g/mol. The second-order valence-corrected chi connectivity index (χ2v) is 10.9. The minimum atomic E-state index is -3.23. The van der Waals surface area contributed by atoms with Crippen LogP contribution >= 0.6 is 0 Å². The summed E-state index contributed by atoms with van der Waals surface area (Å²) in [6.07, 6.45) is 2.64. The van der Waals surface area contributed by atoms with Gasteiger partial charge in [-0.2, -0.15) is 0 Å². The first kappa shape index (κ1) is 19.5. The van der Waals surface area contributed by atoms with Gasteiger partial charge in [-0.15, -0.1) is 0 Å². The van der Waals surface area contributed by atoms with Crippen molar-refractivity contribution < 1.29 is 13.2 Å². The largest absolute Gasteiger partial charge is 0.377 e. The normalized spacial score (nSPS) is 21.2. The van der Waals surface area contributed by atoms with Crippen molar-refractivity contribution in [2.45, 2.75) is 37.5 Å². The summed E-state index contributed by atoms with van der Waals surface area (Å²) in [4.78, 5) is 15.2. The van der Waals surface area contributed by atoms with Crippen molar-refractivity contribution in [1.82, 2.24) is 15.0 Å². The molecule has 8 heteroatoms. The van der Waals surface area contributed by atoms with Gasteiger partial charge in [0.15, 0.2) is 9.84 Å². The molecule has 1 atom stereocenters. The number of sulfone groups is 1. The van der Waals surface area contributed by atoms with Gasteiger partial charge in [-0.3, -0.25) is 0 Å². The Morgan fingerprint density at radius 1 is 1.17 bits per heavy atom. The van der Waals surface area contributed by atoms with Gasteiger partial charge in [-0.1, -0.05) is 0 Å². The molecule has 3 aromatic rings. The standard InChI is InChI=1S/C22H26N4O3S/c1-14-10-19-17(23-14)4-5-18(24-19)20-11-16(22(6-7-22)30(3,27)28)12-21(25-20)26-8-9-29-13-15(26)2/h4-5,10-12,15,23H,6-9,13H2,1-3H3/t15-/m0/s1. The minimum absolute atomic E-state index is 0.172. The van der Waals surface area contributed by atoms with Crippen LogP contribution in [0.5, 0.6) is 0 Å². The van der Waals surface area contributed by atoms with E-state index in [2.05, 4.69) is 16.8 Å². The van der Waals surface area contributed by atoms with Crippen LogP contribution in [0.3, 0.4) is 0 Å². The summed E-state index contributed by atoms with van der Waals surface area (Å²) in [5, 5.41) is 0. The van der Waals surface area contributed by atoms with Crippen LogP contribution in [0.2, 0.25) is 0 Å². The van der Waals surface area contributed by atoms with E-state index >= 15 is 0 Å². The van der Waals surface area contributed by atoms with E-state index in [1.807, 2.05) is 37.3 Å². The van der Waals surface area contributed by atoms with Crippen molar-refractivity contribution in [2.75, 3.05) is 30.9 Å². The van der Waals surface area contributed by atoms with Crippen LogP contribution in [0.4, 0.5) is 5.82 Å². The molecule has 0 amide bonds. The van der Waals surface area contributed by atoms with Crippen LogP contribution in [-0.4, -0.2) is 55.4 Å². The van der Waals surface area contributed by atoms with Crippen LogP contribution in [0.15, 0.2) is 30.3 Å². The quantitative estimate of drug-likeness (QED) is 0.689. The molecule has 158 valence electrons. The molecule has 4 heterocycles. The summed E-state index contributed by atoms with van der Waals surface area (Å²) in [5.74, 6) is 0.792. The number of rotatable bonds is 4. The average molecular weight is 427 g/mol. The maximum atomic E-state index is 12.6. The number of nitrogens with zero attached hydrogens (tertiary/aromatic N) is 3. The number of aryl methyl sites for hydroxylation is 1. The summed E-state index contributed by atoms with van der Waals surface area (Å²) in [6, 6.07) is 9.99. The van der Waals surface area contributed by atoms with Crippen molar-refractivity contribution in [3.05, 3.63) is 41.6 Å². The van der Waals surface area contributed by atoms with E-state index in [0.717, 1.165) is 40.3 Å². The number of aromatic nitrogens is 3. The molecule has 0 radical (unpaired) electrons. The highest BCUT2D eigenvalue weighted by molar-refractivity contribution is 7.92. The Kier molecular flexibility index (Phi) is 4.41. The highest BCUT2D eigenvalue weighted by Crippen LogP contribution is 2.53. The zero-order chi connectivity index (χ0) is 21.1. The van der Waals surface area contributed by atoms with Gasteiger partial charge >= 0.3 is 0 Å². The Balaban J connectivity index is 1.67. The van der Waals surface area contributed by atoms with Crippen molar-refractivity contribution in [2.24, 2.45) is 0 Å².